The third-order valence-corrected chi connectivity index (χ3v) is 4.08. The molecule has 0 bridgehead atoms. The Morgan fingerprint density at radius 2 is 2.10 bits per heavy atom. The SMILES string of the molecule is COCC1(O)CCN(C(=O)c2ccc(Br)cc2O)CC1. The van der Waals surface area contributed by atoms with Gasteiger partial charge in [0.15, 0.2) is 0 Å². The number of rotatable bonds is 3. The molecule has 1 fully saturated rings. The van der Waals surface area contributed by atoms with E-state index in [-0.39, 0.29) is 23.8 Å². The maximum atomic E-state index is 12.3. The lowest BCUT2D eigenvalue weighted by atomic mass is 9.92. The number of phenolic OH excluding ortho intramolecular Hbond substituents is 1. The van der Waals surface area contributed by atoms with Gasteiger partial charge < -0.3 is 19.8 Å². The lowest BCUT2D eigenvalue weighted by molar-refractivity contribution is -0.0662. The normalized spacial score (nSPS) is 18.1. The second-order valence-electron chi connectivity index (χ2n) is 5.11. The molecular weight excluding hydrogens is 326 g/mol. The Morgan fingerprint density at radius 1 is 1.45 bits per heavy atom. The van der Waals surface area contributed by atoms with Gasteiger partial charge in [-0.25, -0.2) is 0 Å². The highest BCUT2D eigenvalue weighted by Crippen LogP contribution is 2.27. The van der Waals surface area contributed by atoms with Gasteiger partial charge in [0.25, 0.3) is 5.91 Å². The summed E-state index contributed by atoms with van der Waals surface area (Å²) in [6.07, 6.45) is 0.952. The summed E-state index contributed by atoms with van der Waals surface area (Å²) < 4.78 is 5.72. The van der Waals surface area contributed by atoms with E-state index in [0.717, 1.165) is 4.47 Å². The van der Waals surface area contributed by atoms with Gasteiger partial charge in [-0.15, -0.1) is 0 Å². The molecule has 0 unspecified atom stereocenters. The van der Waals surface area contributed by atoms with Crippen molar-refractivity contribution in [3.63, 3.8) is 0 Å². The number of amides is 1. The zero-order chi connectivity index (χ0) is 14.8. The first-order valence-corrected chi connectivity index (χ1v) is 7.23. The van der Waals surface area contributed by atoms with Crippen LogP contribution in [0.3, 0.4) is 0 Å². The van der Waals surface area contributed by atoms with Crippen molar-refractivity contribution in [2.45, 2.75) is 18.4 Å². The summed E-state index contributed by atoms with van der Waals surface area (Å²) in [6, 6.07) is 4.81. The minimum atomic E-state index is -0.854. The monoisotopic (exact) mass is 343 g/mol. The minimum Gasteiger partial charge on any atom is -0.507 e. The summed E-state index contributed by atoms with van der Waals surface area (Å²) >= 11 is 3.24. The van der Waals surface area contributed by atoms with Gasteiger partial charge >= 0.3 is 0 Å². The summed E-state index contributed by atoms with van der Waals surface area (Å²) in [6.45, 7) is 1.18. The van der Waals surface area contributed by atoms with Crippen LogP contribution in [-0.2, 0) is 4.74 Å². The Bertz CT molecular complexity index is 498. The first kappa shape index (κ1) is 15.3. The van der Waals surface area contributed by atoms with Crippen molar-refractivity contribution in [2.75, 3.05) is 26.8 Å². The Kier molecular flexibility index (Phi) is 4.67. The average molecular weight is 344 g/mol. The molecule has 6 heteroatoms. The quantitative estimate of drug-likeness (QED) is 0.877. The van der Waals surface area contributed by atoms with Crippen molar-refractivity contribution in [3.8, 4) is 5.75 Å². The molecule has 0 aromatic heterocycles. The predicted molar refractivity (Wildman–Crippen MR) is 77.8 cm³/mol. The molecule has 1 aliphatic rings. The Labute approximate surface area is 126 Å². The van der Waals surface area contributed by atoms with E-state index >= 15 is 0 Å². The van der Waals surface area contributed by atoms with E-state index in [2.05, 4.69) is 15.9 Å². The fraction of sp³-hybridized carbons (Fsp3) is 0.500. The van der Waals surface area contributed by atoms with Crippen molar-refractivity contribution in [1.29, 1.82) is 0 Å². The molecule has 2 rings (SSSR count). The van der Waals surface area contributed by atoms with E-state index in [1.807, 2.05) is 0 Å². The number of nitrogens with zero attached hydrogens (tertiary/aromatic N) is 1. The standard InChI is InChI=1S/C14H18BrNO4/c1-20-9-14(19)4-6-16(7-5-14)13(18)11-3-2-10(15)8-12(11)17/h2-3,8,17,19H,4-7,9H2,1H3. The number of methoxy groups -OCH3 is 1. The number of carbonyl (C=O) groups is 1. The highest BCUT2D eigenvalue weighted by Gasteiger charge is 2.34. The molecule has 1 saturated heterocycles. The fourth-order valence-corrected chi connectivity index (χ4v) is 2.74. The Morgan fingerprint density at radius 3 is 2.65 bits per heavy atom. The van der Waals surface area contributed by atoms with Gasteiger partial charge in [0, 0.05) is 24.7 Å². The number of likely N-dealkylation sites (tertiary alicyclic amines) is 1. The van der Waals surface area contributed by atoms with Gasteiger partial charge in [0.2, 0.25) is 0 Å². The van der Waals surface area contributed by atoms with Crippen molar-refractivity contribution in [2.24, 2.45) is 0 Å². The molecule has 0 atom stereocenters. The summed E-state index contributed by atoms with van der Waals surface area (Å²) in [5.74, 6) is -0.253. The van der Waals surface area contributed by atoms with Crippen LogP contribution in [0.15, 0.2) is 22.7 Å². The third-order valence-electron chi connectivity index (χ3n) is 3.58. The van der Waals surface area contributed by atoms with Gasteiger partial charge in [-0.2, -0.15) is 0 Å². The van der Waals surface area contributed by atoms with Crippen LogP contribution in [0.1, 0.15) is 23.2 Å². The molecule has 1 aromatic rings. The molecule has 1 heterocycles. The van der Waals surface area contributed by atoms with Crippen LogP contribution >= 0.6 is 15.9 Å². The first-order valence-electron chi connectivity index (χ1n) is 6.44. The van der Waals surface area contributed by atoms with E-state index in [4.69, 9.17) is 4.74 Å². The second-order valence-corrected chi connectivity index (χ2v) is 6.03. The zero-order valence-corrected chi connectivity index (χ0v) is 12.9. The number of phenols is 1. The van der Waals surface area contributed by atoms with Crippen molar-refractivity contribution < 1.29 is 19.7 Å². The summed E-state index contributed by atoms with van der Waals surface area (Å²) in [7, 11) is 1.55. The Balaban J connectivity index is 2.05. The smallest absolute Gasteiger partial charge is 0.257 e. The molecule has 20 heavy (non-hydrogen) atoms. The first-order chi connectivity index (χ1) is 9.45. The fourth-order valence-electron chi connectivity index (χ4n) is 2.40. The average Bonchev–Trinajstić information content (AvgIpc) is 2.39. The predicted octanol–water partition coefficient (Wildman–Crippen LogP) is 1.77. The molecule has 5 nitrogen and oxygen atoms in total. The van der Waals surface area contributed by atoms with Crippen LogP contribution in [0.4, 0.5) is 0 Å². The van der Waals surface area contributed by atoms with Crippen LogP contribution < -0.4 is 0 Å². The summed E-state index contributed by atoms with van der Waals surface area (Å²) in [5.41, 5.74) is -0.571. The van der Waals surface area contributed by atoms with Crippen LogP contribution in [0, 0.1) is 0 Å². The van der Waals surface area contributed by atoms with Crippen molar-refractivity contribution in [1.82, 2.24) is 4.90 Å². The molecule has 0 radical (unpaired) electrons. The number of aliphatic hydroxyl groups is 1. The number of carbonyl (C=O) groups excluding carboxylic acids is 1. The van der Waals surface area contributed by atoms with Gasteiger partial charge in [-0.1, -0.05) is 15.9 Å². The number of hydrogen-bond donors (Lipinski definition) is 2. The summed E-state index contributed by atoms with van der Waals surface area (Å²) in [4.78, 5) is 14.0. The lowest BCUT2D eigenvalue weighted by Crippen LogP contribution is -2.48. The molecule has 1 aliphatic heterocycles. The maximum Gasteiger partial charge on any atom is 0.257 e. The molecular formula is C14H18BrNO4. The highest BCUT2D eigenvalue weighted by molar-refractivity contribution is 9.10. The second kappa shape index (κ2) is 6.11. The van der Waals surface area contributed by atoms with Crippen molar-refractivity contribution in [3.05, 3.63) is 28.2 Å². The molecule has 0 aliphatic carbocycles. The molecule has 110 valence electrons. The van der Waals surface area contributed by atoms with Crippen LogP contribution in [0.2, 0.25) is 0 Å². The van der Waals surface area contributed by atoms with E-state index in [1.54, 1.807) is 24.1 Å². The van der Waals surface area contributed by atoms with E-state index in [1.165, 1.54) is 6.07 Å². The van der Waals surface area contributed by atoms with E-state index in [9.17, 15) is 15.0 Å². The minimum absolute atomic E-state index is 0.0397. The van der Waals surface area contributed by atoms with Gasteiger partial charge in [-0.05, 0) is 31.0 Å². The van der Waals surface area contributed by atoms with Gasteiger partial charge in [-0.3, -0.25) is 4.79 Å². The number of piperidine rings is 1. The van der Waals surface area contributed by atoms with E-state index in [0.29, 0.717) is 25.9 Å². The van der Waals surface area contributed by atoms with Gasteiger partial charge in [0.05, 0.1) is 17.8 Å². The molecule has 0 saturated carbocycles. The lowest BCUT2D eigenvalue weighted by Gasteiger charge is -2.37. The maximum absolute atomic E-state index is 12.3. The number of hydrogen-bond acceptors (Lipinski definition) is 4. The Hall–Kier alpha value is -1.11. The van der Waals surface area contributed by atoms with E-state index < -0.39 is 5.60 Å². The van der Waals surface area contributed by atoms with Crippen LogP contribution in [-0.4, -0.2) is 53.4 Å². The zero-order valence-electron chi connectivity index (χ0n) is 11.3. The van der Waals surface area contributed by atoms with Crippen LogP contribution in [0.5, 0.6) is 5.75 Å². The number of halogens is 1. The van der Waals surface area contributed by atoms with Crippen molar-refractivity contribution >= 4 is 21.8 Å². The molecule has 1 aromatic carbocycles. The number of benzene rings is 1. The number of ether oxygens (including phenoxy) is 1. The number of aromatic hydroxyl groups is 1. The topological polar surface area (TPSA) is 70.0 Å². The third kappa shape index (κ3) is 3.31. The summed E-state index contributed by atoms with van der Waals surface area (Å²) in [5, 5.41) is 20.0. The molecule has 0 spiro atoms. The molecule has 2 N–H and O–H groups in total. The highest BCUT2D eigenvalue weighted by atomic mass is 79.9. The largest absolute Gasteiger partial charge is 0.507 e. The van der Waals surface area contributed by atoms with Gasteiger partial charge in [0.1, 0.15) is 5.75 Å². The van der Waals surface area contributed by atoms with Crippen LogP contribution in [0.25, 0.3) is 0 Å². The molecule has 1 amide bonds.